The van der Waals surface area contributed by atoms with Gasteiger partial charge in [0.05, 0.1) is 12.2 Å². The van der Waals surface area contributed by atoms with Gasteiger partial charge in [-0.25, -0.2) is 5.01 Å². The van der Waals surface area contributed by atoms with Crippen LogP contribution in [0.1, 0.15) is 23.3 Å². The fourth-order valence-electron chi connectivity index (χ4n) is 2.36. The molecule has 5 nitrogen and oxygen atoms in total. The van der Waals surface area contributed by atoms with Crippen LogP contribution < -0.4 is 10.3 Å². The van der Waals surface area contributed by atoms with Crippen molar-refractivity contribution < 1.29 is 9.59 Å². The van der Waals surface area contributed by atoms with Crippen LogP contribution >= 0.6 is 11.3 Å². The van der Waals surface area contributed by atoms with E-state index in [0.717, 1.165) is 10.4 Å². The third-order valence-electron chi connectivity index (χ3n) is 3.54. The summed E-state index contributed by atoms with van der Waals surface area (Å²) in [5.41, 5.74) is 2.13. The van der Waals surface area contributed by atoms with Gasteiger partial charge in [0.15, 0.2) is 0 Å². The van der Waals surface area contributed by atoms with Gasteiger partial charge in [0, 0.05) is 17.7 Å². The predicted octanol–water partition coefficient (Wildman–Crippen LogP) is 2.86. The Kier molecular flexibility index (Phi) is 4.52. The molecule has 2 amide bonds. The Morgan fingerprint density at radius 2 is 2.17 bits per heavy atom. The number of nitrogens with one attached hydrogen (secondary N) is 1. The van der Waals surface area contributed by atoms with Gasteiger partial charge in [0.1, 0.15) is 5.71 Å². The zero-order chi connectivity index (χ0) is 16.2. The molecule has 23 heavy (non-hydrogen) atoms. The van der Waals surface area contributed by atoms with Crippen LogP contribution in [0.2, 0.25) is 0 Å². The van der Waals surface area contributed by atoms with Crippen LogP contribution in [0.4, 0.5) is 5.69 Å². The number of amides is 2. The molecule has 1 N–H and O–H groups in total. The Balaban J connectivity index is 1.75. The first-order chi connectivity index (χ1) is 11.1. The van der Waals surface area contributed by atoms with E-state index >= 15 is 0 Å². The van der Waals surface area contributed by atoms with Gasteiger partial charge in [0.25, 0.3) is 5.91 Å². The minimum Gasteiger partial charge on any atom is -0.346 e. The molecule has 0 saturated carbocycles. The van der Waals surface area contributed by atoms with Crippen molar-refractivity contribution in [2.75, 3.05) is 5.01 Å². The number of rotatable bonds is 4. The Morgan fingerprint density at radius 1 is 1.30 bits per heavy atom. The first kappa shape index (κ1) is 15.4. The van der Waals surface area contributed by atoms with E-state index < -0.39 is 0 Å². The summed E-state index contributed by atoms with van der Waals surface area (Å²) in [5, 5.41) is 10.4. The lowest BCUT2D eigenvalue weighted by Gasteiger charge is -2.23. The quantitative estimate of drug-likeness (QED) is 0.938. The molecule has 0 unspecified atom stereocenters. The number of thiophene rings is 1. The topological polar surface area (TPSA) is 61.8 Å². The van der Waals surface area contributed by atoms with E-state index in [0.29, 0.717) is 30.8 Å². The normalized spacial score (nSPS) is 14.6. The maximum atomic E-state index is 12.3. The van der Waals surface area contributed by atoms with Crippen molar-refractivity contribution in [3.63, 3.8) is 0 Å². The van der Waals surface area contributed by atoms with E-state index in [9.17, 15) is 9.59 Å². The van der Waals surface area contributed by atoms with E-state index in [-0.39, 0.29) is 11.8 Å². The van der Waals surface area contributed by atoms with Crippen LogP contribution in [0.15, 0.2) is 46.9 Å². The summed E-state index contributed by atoms with van der Waals surface area (Å²) in [6, 6.07) is 11.4. The van der Waals surface area contributed by atoms with Crippen LogP contribution in [0.25, 0.3) is 0 Å². The predicted molar refractivity (Wildman–Crippen MR) is 91.5 cm³/mol. The first-order valence-corrected chi connectivity index (χ1v) is 8.29. The average molecular weight is 327 g/mol. The number of carbonyl (C=O) groups is 2. The number of hydrogen-bond donors (Lipinski definition) is 1. The highest BCUT2D eigenvalue weighted by molar-refractivity contribution is 7.09. The maximum Gasteiger partial charge on any atom is 0.267 e. The number of hydrazone groups is 1. The SMILES string of the molecule is Cc1cccc(N2N=C(C(=O)NCc3cccs3)CCC2=O)c1. The third kappa shape index (κ3) is 3.65. The minimum absolute atomic E-state index is 0.0922. The Bertz CT molecular complexity index is 753. The minimum atomic E-state index is -0.219. The largest absolute Gasteiger partial charge is 0.346 e. The zero-order valence-corrected chi connectivity index (χ0v) is 13.6. The zero-order valence-electron chi connectivity index (χ0n) is 12.8. The second-order valence-corrected chi connectivity index (χ2v) is 6.39. The summed E-state index contributed by atoms with van der Waals surface area (Å²) >= 11 is 1.59. The Labute approximate surface area is 138 Å². The first-order valence-electron chi connectivity index (χ1n) is 7.41. The fraction of sp³-hybridized carbons (Fsp3) is 0.235. The summed E-state index contributed by atoms with van der Waals surface area (Å²) in [5.74, 6) is -0.311. The van der Waals surface area contributed by atoms with Gasteiger partial charge in [-0.2, -0.15) is 5.10 Å². The smallest absolute Gasteiger partial charge is 0.267 e. The van der Waals surface area contributed by atoms with E-state index in [1.165, 1.54) is 5.01 Å². The van der Waals surface area contributed by atoms with Gasteiger partial charge in [-0.15, -0.1) is 11.3 Å². The number of carbonyl (C=O) groups excluding carboxylic acids is 2. The summed E-state index contributed by atoms with van der Waals surface area (Å²) < 4.78 is 0. The van der Waals surface area contributed by atoms with Gasteiger partial charge < -0.3 is 5.32 Å². The maximum absolute atomic E-state index is 12.3. The monoisotopic (exact) mass is 327 g/mol. The van der Waals surface area contributed by atoms with E-state index in [4.69, 9.17) is 0 Å². The highest BCUT2D eigenvalue weighted by atomic mass is 32.1. The molecule has 1 aromatic carbocycles. The number of anilines is 1. The van der Waals surface area contributed by atoms with E-state index in [1.54, 1.807) is 11.3 Å². The van der Waals surface area contributed by atoms with Gasteiger partial charge in [-0.05, 0) is 36.1 Å². The van der Waals surface area contributed by atoms with Crippen molar-refractivity contribution in [1.29, 1.82) is 0 Å². The Hall–Kier alpha value is -2.47. The summed E-state index contributed by atoms with van der Waals surface area (Å²) in [6.07, 6.45) is 0.663. The standard InChI is InChI=1S/C17H17N3O2S/c1-12-4-2-5-13(10-12)20-16(21)8-7-15(19-20)17(22)18-11-14-6-3-9-23-14/h2-6,9-10H,7-8,11H2,1H3,(H,18,22). The Morgan fingerprint density at radius 3 is 2.91 bits per heavy atom. The van der Waals surface area contributed by atoms with Crippen molar-refractivity contribution in [3.8, 4) is 0 Å². The van der Waals surface area contributed by atoms with E-state index in [2.05, 4.69) is 10.4 Å². The van der Waals surface area contributed by atoms with Gasteiger partial charge >= 0.3 is 0 Å². The number of nitrogens with zero attached hydrogens (tertiary/aromatic N) is 2. The molecule has 2 heterocycles. The number of benzene rings is 1. The molecule has 1 aromatic heterocycles. The second-order valence-electron chi connectivity index (χ2n) is 5.35. The molecule has 118 valence electrons. The summed E-state index contributed by atoms with van der Waals surface area (Å²) in [6.45, 7) is 2.43. The molecule has 0 radical (unpaired) electrons. The van der Waals surface area contributed by atoms with Gasteiger partial charge in [-0.1, -0.05) is 18.2 Å². The van der Waals surface area contributed by atoms with E-state index in [1.807, 2.05) is 48.7 Å². The number of hydrogen-bond acceptors (Lipinski definition) is 4. The fourth-order valence-corrected chi connectivity index (χ4v) is 3.01. The van der Waals surface area contributed by atoms with Crippen molar-refractivity contribution in [2.45, 2.75) is 26.3 Å². The molecule has 0 atom stereocenters. The van der Waals surface area contributed by atoms with Gasteiger partial charge in [-0.3, -0.25) is 9.59 Å². The van der Waals surface area contributed by atoms with Crippen LogP contribution in [-0.4, -0.2) is 17.5 Å². The molecule has 0 spiro atoms. The lowest BCUT2D eigenvalue weighted by atomic mass is 10.1. The molecule has 1 aliphatic rings. The molecule has 1 aliphatic heterocycles. The molecular formula is C17H17N3O2S. The van der Waals surface area contributed by atoms with Crippen molar-refractivity contribution in [2.24, 2.45) is 5.10 Å². The lowest BCUT2D eigenvalue weighted by molar-refractivity contribution is -0.118. The molecule has 2 aromatic rings. The van der Waals surface area contributed by atoms with Crippen LogP contribution in [0, 0.1) is 6.92 Å². The lowest BCUT2D eigenvalue weighted by Crippen LogP contribution is -2.38. The molecule has 0 fully saturated rings. The summed E-state index contributed by atoms with van der Waals surface area (Å²) in [4.78, 5) is 25.5. The molecule has 0 bridgehead atoms. The van der Waals surface area contributed by atoms with Crippen molar-refractivity contribution in [3.05, 3.63) is 52.2 Å². The summed E-state index contributed by atoms with van der Waals surface area (Å²) in [7, 11) is 0. The third-order valence-corrected chi connectivity index (χ3v) is 4.42. The van der Waals surface area contributed by atoms with Gasteiger partial charge in [0.2, 0.25) is 5.91 Å². The molecule has 0 saturated heterocycles. The van der Waals surface area contributed by atoms with Crippen molar-refractivity contribution in [1.82, 2.24) is 5.32 Å². The average Bonchev–Trinajstić information content (AvgIpc) is 3.06. The van der Waals surface area contributed by atoms with Crippen molar-refractivity contribution >= 4 is 34.6 Å². The second kappa shape index (κ2) is 6.75. The molecule has 6 heteroatoms. The van der Waals surface area contributed by atoms with Crippen LogP contribution in [0.3, 0.4) is 0 Å². The molecule has 3 rings (SSSR count). The van der Waals surface area contributed by atoms with Crippen LogP contribution in [0.5, 0.6) is 0 Å². The highest BCUT2D eigenvalue weighted by Crippen LogP contribution is 2.21. The highest BCUT2D eigenvalue weighted by Gasteiger charge is 2.25. The molecular weight excluding hydrogens is 310 g/mol. The molecule has 0 aliphatic carbocycles. The van der Waals surface area contributed by atoms with Crippen LogP contribution in [-0.2, 0) is 16.1 Å². The number of aryl methyl sites for hydroxylation is 1.